The Kier molecular flexibility index (Phi) is 4.53. The Morgan fingerprint density at radius 2 is 1.71 bits per heavy atom. The lowest BCUT2D eigenvalue weighted by atomic mass is 10.1. The second-order valence-electron chi connectivity index (χ2n) is 4.24. The molecule has 6 nitrogen and oxygen atoms in total. The minimum Gasteiger partial charge on any atom is -0.497 e. The van der Waals surface area contributed by atoms with Gasteiger partial charge in [0, 0.05) is 16.8 Å². The molecule has 0 radical (unpaired) electrons. The van der Waals surface area contributed by atoms with Crippen LogP contribution in [0, 0.1) is 0 Å². The number of nitrogens with two attached hydrogens (primary N) is 1. The van der Waals surface area contributed by atoms with Gasteiger partial charge in [0.2, 0.25) is 0 Å². The van der Waals surface area contributed by atoms with Crippen LogP contribution in [0.5, 0.6) is 5.75 Å². The highest BCUT2D eigenvalue weighted by atomic mass is 16.5. The molecular weight excluding hydrogens is 270 g/mol. The molecule has 108 valence electrons. The maximum atomic E-state index is 12.1. The molecule has 4 N–H and O–H groups in total. The lowest BCUT2D eigenvalue weighted by Gasteiger charge is -2.07. The summed E-state index contributed by atoms with van der Waals surface area (Å²) in [4.78, 5) is 23.5. The van der Waals surface area contributed by atoms with E-state index in [4.69, 9.17) is 10.6 Å². The van der Waals surface area contributed by atoms with Crippen LogP contribution in [0.4, 0.5) is 5.69 Å². The molecule has 0 saturated carbocycles. The van der Waals surface area contributed by atoms with E-state index in [-0.39, 0.29) is 5.91 Å². The minimum atomic E-state index is -0.421. The van der Waals surface area contributed by atoms with Crippen molar-refractivity contribution >= 4 is 17.5 Å². The van der Waals surface area contributed by atoms with Gasteiger partial charge in [0.1, 0.15) is 5.75 Å². The van der Waals surface area contributed by atoms with E-state index in [0.717, 1.165) is 0 Å². The summed E-state index contributed by atoms with van der Waals surface area (Å²) in [7, 11) is 1.56. The molecule has 0 saturated heterocycles. The summed E-state index contributed by atoms with van der Waals surface area (Å²) in [6.07, 6.45) is 0. The van der Waals surface area contributed by atoms with Gasteiger partial charge in [0.15, 0.2) is 0 Å². The molecule has 2 aromatic carbocycles. The Bertz CT molecular complexity index is 653. The van der Waals surface area contributed by atoms with Crippen LogP contribution >= 0.6 is 0 Å². The highest BCUT2D eigenvalue weighted by Crippen LogP contribution is 2.15. The number of methoxy groups -OCH3 is 1. The Morgan fingerprint density at radius 1 is 1.00 bits per heavy atom. The molecule has 2 amide bonds. The number of amides is 2. The van der Waals surface area contributed by atoms with Crippen molar-refractivity contribution in [2.24, 2.45) is 5.84 Å². The lowest BCUT2D eigenvalue weighted by Crippen LogP contribution is -2.30. The van der Waals surface area contributed by atoms with Gasteiger partial charge < -0.3 is 10.1 Å². The molecule has 0 aromatic heterocycles. The average molecular weight is 285 g/mol. The summed E-state index contributed by atoms with van der Waals surface area (Å²) >= 11 is 0. The number of rotatable bonds is 4. The quantitative estimate of drug-likeness (QED) is 0.451. The van der Waals surface area contributed by atoms with Gasteiger partial charge in [-0.1, -0.05) is 6.07 Å². The first kappa shape index (κ1) is 14.5. The maximum Gasteiger partial charge on any atom is 0.265 e. The van der Waals surface area contributed by atoms with Gasteiger partial charge in [0.25, 0.3) is 11.8 Å². The van der Waals surface area contributed by atoms with E-state index in [1.54, 1.807) is 55.6 Å². The second kappa shape index (κ2) is 6.53. The molecule has 0 unspecified atom stereocenters. The number of nitrogen functional groups attached to an aromatic ring is 1. The molecule has 6 heteroatoms. The van der Waals surface area contributed by atoms with Crippen LogP contribution in [0.3, 0.4) is 0 Å². The Balaban J connectivity index is 2.13. The molecule has 2 rings (SSSR count). The number of carbonyl (C=O) groups is 2. The first-order chi connectivity index (χ1) is 10.1. The maximum absolute atomic E-state index is 12.1. The van der Waals surface area contributed by atoms with E-state index in [1.165, 1.54) is 0 Å². The van der Waals surface area contributed by atoms with Crippen molar-refractivity contribution in [1.29, 1.82) is 0 Å². The molecular formula is C15H15N3O3. The van der Waals surface area contributed by atoms with E-state index < -0.39 is 5.91 Å². The zero-order valence-corrected chi connectivity index (χ0v) is 11.4. The summed E-state index contributed by atoms with van der Waals surface area (Å²) in [5, 5.41) is 2.71. The summed E-state index contributed by atoms with van der Waals surface area (Å²) in [6, 6.07) is 13.2. The smallest absolute Gasteiger partial charge is 0.265 e. The van der Waals surface area contributed by atoms with Crippen LogP contribution in [0.15, 0.2) is 48.5 Å². The minimum absolute atomic E-state index is 0.275. The summed E-state index contributed by atoms with van der Waals surface area (Å²) in [6.45, 7) is 0. The number of nitrogens with one attached hydrogen (secondary N) is 2. The van der Waals surface area contributed by atoms with Gasteiger partial charge in [0.05, 0.1) is 7.11 Å². The van der Waals surface area contributed by atoms with Gasteiger partial charge in [-0.2, -0.15) is 0 Å². The number of hydrazine groups is 1. The standard InChI is InChI=1S/C15H15N3O3/c1-21-13-7-5-10(6-8-13)14(19)17-12-4-2-3-11(9-12)15(20)18-16/h2-9H,16H2,1H3,(H,17,19)(H,18,20). The van der Waals surface area contributed by atoms with Gasteiger partial charge >= 0.3 is 0 Å². The molecule has 0 atom stereocenters. The highest BCUT2D eigenvalue weighted by Gasteiger charge is 2.08. The number of carbonyl (C=O) groups excluding carboxylic acids is 2. The monoisotopic (exact) mass is 285 g/mol. The largest absolute Gasteiger partial charge is 0.497 e. The normalized spacial score (nSPS) is 9.81. The van der Waals surface area contributed by atoms with E-state index in [0.29, 0.717) is 22.6 Å². The van der Waals surface area contributed by atoms with Crippen molar-refractivity contribution < 1.29 is 14.3 Å². The van der Waals surface area contributed by atoms with Crippen molar-refractivity contribution in [2.45, 2.75) is 0 Å². The van der Waals surface area contributed by atoms with Crippen LogP contribution in [0.2, 0.25) is 0 Å². The van der Waals surface area contributed by atoms with E-state index in [9.17, 15) is 9.59 Å². The molecule has 2 aromatic rings. The zero-order valence-electron chi connectivity index (χ0n) is 11.4. The fraction of sp³-hybridized carbons (Fsp3) is 0.0667. The first-order valence-electron chi connectivity index (χ1n) is 6.20. The summed E-state index contributed by atoms with van der Waals surface area (Å²) < 4.78 is 5.03. The van der Waals surface area contributed by atoms with Gasteiger partial charge in [-0.15, -0.1) is 0 Å². The van der Waals surface area contributed by atoms with E-state index >= 15 is 0 Å². The van der Waals surface area contributed by atoms with Crippen molar-refractivity contribution in [2.75, 3.05) is 12.4 Å². The Labute approximate surface area is 121 Å². The van der Waals surface area contributed by atoms with Crippen molar-refractivity contribution in [3.05, 3.63) is 59.7 Å². The van der Waals surface area contributed by atoms with Gasteiger partial charge in [-0.05, 0) is 42.5 Å². The predicted octanol–water partition coefficient (Wildman–Crippen LogP) is 1.55. The summed E-state index contributed by atoms with van der Waals surface area (Å²) in [5.74, 6) is 5.05. The third-order valence-electron chi connectivity index (χ3n) is 2.87. The van der Waals surface area contributed by atoms with Crippen molar-refractivity contribution in [1.82, 2.24) is 5.43 Å². The fourth-order valence-corrected chi connectivity index (χ4v) is 1.77. The molecule has 21 heavy (non-hydrogen) atoms. The van der Waals surface area contributed by atoms with Gasteiger partial charge in [-0.3, -0.25) is 15.0 Å². The highest BCUT2D eigenvalue weighted by molar-refractivity contribution is 6.05. The number of hydrogen-bond acceptors (Lipinski definition) is 4. The number of ether oxygens (including phenoxy) is 1. The predicted molar refractivity (Wildman–Crippen MR) is 79.0 cm³/mol. The first-order valence-corrected chi connectivity index (χ1v) is 6.20. The lowest BCUT2D eigenvalue weighted by molar-refractivity contribution is 0.0952. The second-order valence-corrected chi connectivity index (χ2v) is 4.24. The third-order valence-corrected chi connectivity index (χ3v) is 2.87. The third kappa shape index (κ3) is 3.58. The molecule has 0 aliphatic carbocycles. The molecule has 0 bridgehead atoms. The Hall–Kier alpha value is -2.86. The molecule has 0 spiro atoms. The average Bonchev–Trinajstić information content (AvgIpc) is 2.54. The van der Waals surface area contributed by atoms with Crippen LogP contribution < -0.4 is 21.3 Å². The molecule has 0 heterocycles. The molecule has 0 aliphatic rings. The molecule has 0 aliphatic heterocycles. The number of hydrogen-bond donors (Lipinski definition) is 3. The van der Waals surface area contributed by atoms with Gasteiger partial charge in [-0.25, -0.2) is 5.84 Å². The number of benzene rings is 2. The van der Waals surface area contributed by atoms with Crippen LogP contribution in [-0.4, -0.2) is 18.9 Å². The SMILES string of the molecule is COc1ccc(C(=O)Nc2cccc(C(=O)NN)c2)cc1. The van der Waals surface area contributed by atoms with Crippen LogP contribution in [-0.2, 0) is 0 Å². The topological polar surface area (TPSA) is 93.4 Å². The zero-order chi connectivity index (χ0) is 15.2. The summed E-state index contributed by atoms with van der Waals surface area (Å²) in [5.41, 5.74) is 3.41. The van der Waals surface area contributed by atoms with E-state index in [1.807, 2.05) is 5.43 Å². The van der Waals surface area contributed by atoms with Crippen LogP contribution in [0.1, 0.15) is 20.7 Å². The van der Waals surface area contributed by atoms with Crippen LogP contribution in [0.25, 0.3) is 0 Å². The fourth-order valence-electron chi connectivity index (χ4n) is 1.77. The number of anilines is 1. The van der Waals surface area contributed by atoms with Crippen molar-refractivity contribution in [3.63, 3.8) is 0 Å². The van der Waals surface area contributed by atoms with Crippen molar-refractivity contribution in [3.8, 4) is 5.75 Å². The Morgan fingerprint density at radius 3 is 2.33 bits per heavy atom. The van der Waals surface area contributed by atoms with E-state index in [2.05, 4.69) is 5.32 Å². The molecule has 0 fully saturated rings.